The molecule has 1 atom stereocenters. The van der Waals surface area contributed by atoms with Crippen LogP contribution in [-0.4, -0.2) is 7.11 Å². The second-order valence-corrected chi connectivity index (χ2v) is 4.69. The topological polar surface area (TPSA) is 18.5 Å². The fourth-order valence-corrected chi connectivity index (χ4v) is 2.26. The maximum absolute atomic E-state index is 5.93. The molecule has 0 radical (unpaired) electrons. The summed E-state index contributed by atoms with van der Waals surface area (Å²) in [5.74, 6) is 0.852. The monoisotopic (exact) mass is 252 g/mol. The number of hydrogen-bond donors (Lipinski definition) is 0. The molecule has 0 saturated heterocycles. The van der Waals surface area contributed by atoms with Crippen LogP contribution in [0.2, 0.25) is 0 Å². The van der Waals surface area contributed by atoms with E-state index in [-0.39, 0.29) is 6.29 Å². The SMILES string of the molecule is COC1OC(c2ccc(C)cc2)=Cc2ccccc21. The van der Waals surface area contributed by atoms with Gasteiger partial charge in [-0.1, -0.05) is 54.1 Å². The number of methoxy groups -OCH3 is 1. The molecule has 0 saturated carbocycles. The Hall–Kier alpha value is -2.06. The molecule has 0 N–H and O–H groups in total. The van der Waals surface area contributed by atoms with E-state index in [4.69, 9.17) is 9.47 Å². The highest BCUT2D eigenvalue weighted by Crippen LogP contribution is 2.35. The lowest BCUT2D eigenvalue weighted by molar-refractivity contribution is -0.0765. The van der Waals surface area contributed by atoms with Gasteiger partial charge in [-0.05, 0) is 18.6 Å². The number of ether oxygens (including phenoxy) is 2. The second kappa shape index (κ2) is 4.90. The van der Waals surface area contributed by atoms with Crippen molar-refractivity contribution < 1.29 is 9.47 Å². The van der Waals surface area contributed by atoms with Crippen LogP contribution in [-0.2, 0) is 9.47 Å². The molecule has 3 rings (SSSR count). The van der Waals surface area contributed by atoms with Crippen LogP contribution in [0.3, 0.4) is 0 Å². The van der Waals surface area contributed by atoms with Crippen LogP contribution < -0.4 is 0 Å². The van der Waals surface area contributed by atoms with Crippen molar-refractivity contribution in [2.45, 2.75) is 13.2 Å². The number of rotatable bonds is 2. The van der Waals surface area contributed by atoms with Crippen molar-refractivity contribution in [2.75, 3.05) is 7.11 Å². The van der Waals surface area contributed by atoms with E-state index in [2.05, 4.69) is 43.3 Å². The van der Waals surface area contributed by atoms with Gasteiger partial charge in [0, 0.05) is 18.2 Å². The van der Waals surface area contributed by atoms with E-state index in [1.54, 1.807) is 7.11 Å². The predicted molar refractivity (Wildman–Crippen MR) is 76.3 cm³/mol. The Bertz CT molecular complexity index is 611. The van der Waals surface area contributed by atoms with Gasteiger partial charge in [-0.15, -0.1) is 0 Å². The summed E-state index contributed by atoms with van der Waals surface area (Å²) in [6, 6.07) is 16.5. The Balaban J connectivity index is 2.05. The van der Waals surface area contributed by atoms with Crippen molar-refractivity contribution in [1.29, 1.82) is 0 Å². The molecule has 0 spiro atoms. The van der Waals surface area contributed by atoms with Crippen molar-refractivity contribution in [2.24, 2.45) is 0 Å². The highest BCUT2D eigenvalue weighted by atomic mass is 16.7. The van der Waals surface area contributed by atoms with Gasteiger partial charge >= 0.3 is 0 Å². The molecule has 1 aliphatic rings. The van der Waals surface area contributed by atoms with E-state index in [0.717, 1.165) is 22.4 Å². The molecular weight excluding hydrogens is 236 g/mol. The largest absolute Gasteiger partial charge is 0.460 e. The van der Waals surface area contributed by atoms with Gasteiger partial charge in [0.05, 0.1) is 0 Å². The summed E-state index contributed by atoms with van der Waals surface area (Å²) in [4.78, 5) is 0. The van der Waals surface area contributed by atoms with Gasteiger partial charge in [0.2, 0.25) is 6.29 Å². The van der Waals surface area contributed by atoms with Gasteiger partial charge in [-0.2, -0.15) is 0 Å². The molecule has 1 heterocycles. The minimum absolute atomic E-state index is 0.336. The predicted octanol–water partition coefficient (Wildman–Crippen LogP) is 4.17. The molecule has 2 aromatic carbocycles. The maximum Gasteiger partial charge on any atom is 0.227 e. The summed E-state index contributed by atoms with van der Waals surface area (Å²) in [6.07, 6.45) is 1.73. The van der Waals surface area contributed by atoms with Crippen molar-refractivity contribution in [3.63, 3.8) is 0 Å². The van der Waals surface area contributed by atoms with E-state index in [9.17, 15) is 0 Å². The van der Waals surface area contributed by atoms with Gasteiger partial charge < -0.3 is 9.47 Å². The van der Waals surface area contributed by atoms with Crippen molar-refractivity contribution >= 4 is 11.8 Å². The molecule has 96 valence electrons. The Labute approximate surface area is 113 Å². The highest BCUT2D eigenvalue weighted by molar-refractivity contribution is 5.80. The summed E-state index contributed by atoms with van der Waals surface area (Å²) in [5, 5.41) is 0. The molecule has 0 amide bonds. The smallest absolute Gasteiger partial charge is 0.227 e. The van der Waals surface area contributed by atoms with E-state index in [1.165, 1.54) is 5.56 Å². The van der Waals surface area contributed by atoms with Crippen LogP contribution in [0.5, 0.6) is 0 Å². The van der Waals surface area contributed by atoms with Gasteiger partial charge in [0.15, 0.2) is 0 Å². The number of aryl methyl sites for hydroxylation is 1. The van der Waals surface area contributed by atoms with Crippen LogP contribution in [0, 0.1) is 6.92 Å². The lowest BCUT2D eigenvalue weighted by atomic mass is 10.0. The molecule has 1 unspecified atom stereocenters. The first-order valence-corrected chi connectivity index (χ1v) is 6.35. The third-order valence-electron chi connectivity index (χ3n) is 3.32. The van der Waals surface area contributed by atoms with Crippen molar-refractivity contribution in [3.8, 4) is 0 Å². The average molecular weight is 252 g/mol. The van der Waals surface area contributed by atoms with Crippen LogP contribution in [0.15, 0.2) is 48.5 Å². The standard InChI is InChI=1S/C17H16O2/c1-12-7-9-13(10-8-12)16-11-14-5-3-4-6-15(14)17(18-2)19-16/h3-11,17H,1-2H3. The van der Waals surface area contributed by atoms with E-state index >= 15 is 0 Å². The molecule has 0 aliphatic carbocycles. The number of hydrogen-bond acceptors (Lipinski definition) is 2. The lowest BCUT2D eigenvalue weighted by Gasteiger charge is -2.26. The first kappa shape index (κ1) is 12.0. The van der Waals surface area contributed by atoms with Crippen LogP contribution in [0.25, 0.3) is 11.8 Å². The van der Waals surface area contributed by atoms with Crippen LogP contribution >= 0.6 is 0 Å². The molecule has 19 heavy (non-hydrogen) atoms. The lowest BCUT2D eigenvalue weighted by Crippen LogP contribution is -2.11. The normalized spacial score (nSPS) is 17.4. The Kier molecular flexibility index (Phi) is 3.10. The average Bonchev–Trinajstić information content (AvgIpc) is 2.47. The third kappa shape index (κ3) is 2.27. The molecule has 0 aromatic heterocycles. The molecule has 2 aromatic rings. The Morgan fingerprint density at radius 1 is 1.00 bits per heavy atom. The summed E-state index contributed by atoms with van der Waals surface area (Å²) < 4.78 is 11.4. The minimum Gasteiger partial charge on any atom is -0.460 e. The fourth-order valence-electron chi connectivity index (χ4n) is 2.26. The van der Waals surface area contributed by atoms with Gasteiger partial charge in [-0.25, -0.2) is 0 Å². The maximum atomic E-state index is 5.93. The molecule has 0 fully saturated rings. The Morgan fingerprint density at radius 2 is 1.74 bits per heavy atom. The zero-order valence-corrected chi connectivity index (χ0v) is 11.1. The highest BCUT2D eigenvalue weighted by Gasteiger charge is 2.22. The summed E-state index contributed by atoms with van der Waals surface area (Å²) >= 11 is 0. The van der Waals surface area contributed by atoms with E-state index in [1.807, 2.05) is 18.2 Å². The molecule has 2 nitrogen and oxygen atoms in total. The van der Waals surface area contributed by atoms with E-state index in [0.29, 0.717) is 0 Å². The van der Waals surface area contributed by atoms with Crippen LogP contribution in [0.4, 0.5) is 0 Å². The third-order valence-corrected chi connectivity index (χ3v) is 3.32. The van der Waals surface area contributed by atoms with Gasteiger partial charge in [0.25, 0.3) is 0 Å². The first-order chi connectivity index (χ1) is 9.28. The zero-order chi connectivity index (χ0) is 13.2. The van der Waals surface area contributed by atoms with E-state index < -0.39 is 0 Å². The summed E-state index contributed by atoms with van der Waals surface area (Å²) in [6.45, 7) is 2.08. The zero-order valence-electron chi connectivity index (χ0n) is 11.1. The van der Waals surface area contributed by atoms with Crippen molar-refractivity contribution in [3.05, 3.63) is 70.8 Å². The fraction of sp³-hybridized carbons (Fsp3) is 0.176. The summed E-state index contributed by atoms with van der Waals surface area (Å²) in [7, 11) is 1.67. The Morgan fingerprint density at radius 3 is 2.47 bits per heavy atom. The minimum atomic E-state index is -0.336. The van der Waals surface area contributed by atoms with Gasteiger partial charge in [0.1, 0.15) is 5.76 Å². The molecule has 0 bridgehead atoms. The quantitative estimate of drug-likeness (QED) is 0.798. The summed E-state index contributed by atoms with van der Waals surface area (Å²) in [5.41, 5.74) is 4.53. The second-order valence-electron chi connectivity index (χ2n) is 4.69. The first-order valence-electron chi connectivity index (χ1n) is 6.35. The molecule has 2 heteroatoms. The molecule has 1 aliphatic heterocycles. The van der Waals surface area contributed by atoms with Gasteiger partial charge in [-0.3, -0.25) is 0 Å². The molecular formula is C17H16O2. The van der Waals surface area contributed by atoms with Crippen molar-refractivity contribution in [1.82, 2.24) is 0 Å². The number of fused-ring (bicyclic) bond motifs is 1. The number of benzene rings is 2. The van der Waals surface area contributed by atoms with Crippen LogP contribution in [0.1, 0.15) is 28.5 Å².